The number of hydrogen-bond donors (Lipinski definition) is 2. The molecule has 0 bridgehead atoms. The lowest BCUT2D eigenvalue weighted by molar-refractivity contribution is -0.890. The van der Waals surface area contributed by atoms with Crippen LogP contribution in [0.5, 0.6) is 0 Å². The Kier molecular flexibility index (Phi) is 5.66. The van der Waals surface area contributed by atoms with Crippen molar-refractivity contribution >= 4 is 15.7 Å². The van der Waals surface area contributed by atoms with E-state index in [1.807, 2.05) is 44.4 Å². The van der Waals surface area contributed by atoms with Crippen LogP contribution in [0.15, 0.2) is 59.5 Å². The predicted octanol–water partition coefficient (Wildman–Crippen LogP) is 0.759. The molecular weight excluding hydrogens is 330 g/mol. The minimum Gasteiger partial charge on any atom is -0.333 e. The van der Waals surface area contributed by atoms with Crippen molar-refractivity contribution in [1.29, 1.82) is 0 Å². The Hall–Kier alpha value is -2.29. The molecule has 2 N–H and O–H groups in total. The third-order valence-corrected chi connectivity index (χ3v) is 5.14. The largest absolute Gasteiger partial charge is 0.333 e. The lowest BCUT2D eigenvalue weighted by Gasteiger charge is -2.22. The zero-order valence-corrected chi connectivity index (χ0v) is 14.3. The Labute approximate surface area is 141 Å². The maximum absolute atomic E-state index is 12.4. The number of nitrogens with one attached hydrogen (secondary N) is 2. The van der Waals surface area contributed by atoms with Crippen LogP contribution in [-0.2, 0) is 10.0 Å². The number of likely N-dealkylation sites (N-methyl/N-ethyl adjacent to an activating group) is 1. The van der Waals surface area contributed by atoms with Gasteiger partial charge in [0.05, 0.1) is 30.5 Å². The van der Waals surface area contributed by atoms with Crippen molar-refractivity contribution in [3.8, 4) is 0 Å². The molecule has 2 aromatic rings. The van der Waals surface area contributed by atoms with Gasteiger partial charge in [0.15, 0.2) is 0 Å². The van der Waals surface area contributed by atoms with E-state index in [0.717, 1.165) is 16.5 Å². The van der Waals surface area contributed by atoms with Crippen molar-refractivity contribution in [2.24, 2.45) is 0 Å². The van der Waals surface area contributed by atoms with Gasteiger partial charge in [0.2, 0.25) is 10.0 Å². The summed E-state index contributed by atoms with van der Waals surface area (Å²) in [6.45, 7) is 0.192. The summed E-state index contributed by atoms with van der Waals surface area (Å²) in [6, 6.07) is 14.5. The maximum Gasteiger partial charge on any atom is 0.270 e. The van der Waals surface area contributed by atoms with Crippen LogP contribution in [0.25, 0.3) is 0 Å². The van der Waals surface area contributed by atoms with E-state index < -0.39 is 14.9 Å². The molecule has 0 heterocycles. The highest BCUT2D eigenvalue weighted by atomic mass is 32.2. The maximum atomic E-state index is 12.4. The second kappa shape index (κ2) is 7.52. The molecule has 0 aromatic heterocycles. The van der Waals surface area contributed by atoms with Gasteiger partial charge in [-0.1, -0.05) is 36.4 Å². The van der Waals surface area contributed by atoms with Crippen molar-refractivity contribution in [1.82, 2.24) is 4.72 Å². The van der Waals surface area contributed by atoms with Crippen molar-refractivity contribution in [2.45, 2.75) is 10.9 Å². The molecule has 0 saturated heterocycles. The summed E-state index contributed by atoms with van der Waals surface area (Å²) in [7, 11) is 0.0669. The van der Waals surface area contributed by atoms with Crippen LogP contribution in [0.2, 0.25) is 0 Å². The van der Waals surface area contributed by atoms with Crippen molar-refractivity contribution in [3.63, 3.8) is 0 Å². The van der Waals surface area contributed by atoms with Crippen molar-refractivity contribution in [3.05, 3.63) is 70.3 Å². The third-order valence-electron chi connectivity index (χ3n) is 3.72. The Balaban J connectivity index is 2.19. The molecule has 0 amide bonds. The highest BCUT2D eigenvalue weighted by molar-refractivity contribution is 7.89. The lowest BCUT2D eigenvalue weighted by Crippen LogP contribution is -3.07. The molecule has 0 radical (unpaired) electrons. The highest BCUT2D eigenvalue weighted by Gasteiger charge is 2.23. The smallest absolute Gasteiger partial charge is 0.270 e. The van der Waals surface area contributed by atoms with Gasteiger partial charge < -0.3 is 4.90 Å². The summed E-state index contributed by atoms with van der Waals surface area (Å²) in [6.07, 6.45) is 0. The van der Waals surface area contributed by atoms with Crippen LogP contribution in [0.3, 0.4) is 0 Å². The quantitative estimate of drug-likeness (QED) is 0.569. The molecule has 1 atom stereocenters. The fraction of sp³-hybridized carbons (Fsp3) is 0.250. The van der Waals surface area contributed by atoms with E-state index in [4.69, 9.17) is 0 Å². The molecule has 0 fully saturated rings. The summed E-state index contributed by atoms with van der Waals surface area (Å²) >= 11 is 0. The first kappa shape index (κ1) is 18.1. The Bertz CT molecular complexity index is 807. The highest BCUT2D eigenvalue weighted by Crippen LogP contribution is 2.17. The molecule has 2 rings (SSSR count). The van der Waals surface area contributed by atoms with E-state index in [9.17, 15) is 18.5 Å². The summed E-state index contributed by atoms with van der Waals surface area (Å²) in [5, 5.41) is 10.8. The van der Waals surface area contributed by atoms with Crippen LogP contribution in [0.1, 0.15) is 11.6 Å². The second-order valence-corrected chi connectivity index (χ2v) is 7.41. The monoisotopic (exact) mass is 350 g/mol. The average molecular weight is 350 g/mol. The predicted molar refractivity (Wildman–Crippen MR) is 90.3 cm³/mol. The normalized spacial score (nSPS) is 13.0. The van der Waals surface area contributed by atoms with Crippen molar-refractivity contribution < 1.29 is 18.2 Å². The van der Waals surface area contributed by atoms with Crippen LogP contribution >= 0.6 is 0 Å². The van der Waals surface area contributed by atoms with Crippen LogP contribution < -0.4 is 9.62 Å². The van der Waals surface area contributed by atoms with Gasteiger partial charge in [-0.25, -0.2) is 13.1 Å². The molecule has 0 spiro atoms. The van der Waals surface area contributed by atoms with Gasteiger partial charge in [0.1, 0.15) is 6.04 Å². The molecular formula is C16H20N3O4S+. The van der Waals surface area contributed by atoms with E-state index in [1.54, 1.807) is 0 Å². The molecule has 2 aromatic carbocycles. The first-order chi connectivity index (χ1) is 11.3. The minimum atomic E-state index is -3.82. The molecule has 0 aliphatic rings. The van der Waals surface area contributed by atoms with Gasteiger partial charge in [-0.05, 0) is 6.07 Å². The number of nitro groups is 1. The SMILES string of the molecule is C[NH+](C)[C@@H](CNS(=O)(=O)c1cccc([N+](=O)[O-])c1)c1ccccc1. The van der Waals surface area contributed by atoms with Crippen LogP contribution in [0, 0.1) is 10.1 Å². The lowest BCUT2D eigenvalue weighted by atomic mass is 10.1. The molecule has 0 unspecified atom stereocenters. The standard InChI is InChI=1S/C16H19N3O4S/c1-18(2)16(13-7-4-3-5-8-13)12-17-24(22,23)15-10-6-9-14(11-15)19(20)21/h3-11,16-17H,12H2,1-2H3/p+1/t16-/m0/s1. The first-order valence-electron chi connectivity index (χ1n) is 7.40. The van der Waals surface area contributed by atoms with Gasteiger partial charge in [-0.2, -0.15) is 0 Å². The van der Waals surface area contributed by atoms with E-state index in [1.165, 1.54) is 18.2 Å². The fourth-order valence-electron chi connectivity index (χ4n) is 2.38. The first-order valence-corrected chi connectivity index (χ1v) is 8.88. The summed E-state index contributed by atoms with van der Waals surface area (Å²) in [4.78, 5) is 11.2. The molecule has 24 heavy (non-hydrogen) atoms. The fourth-order valence-corrected chi connectivity index (χ4v) is 3.47. The number of nitro benzene ring substituents is 1. The molecule has 7 nitrogen and oxygen atoms in total. The minimum absolute atomic E-state index is 0.0697. The van der Waals surface area contributed by atoms with Gasteiger partial charge in [-0.3, -0.25) is 10.1 Å². The Morgan fingerprint density at radius 2 is 1.79 bits per heavy atom. The second-order valence-electron chi connectivity index (χ2n) is 5.65. The van der Waals surface area contributed by atoms with E-state index in [-0.39, 0.29) is 23.2 Å². The van der Waals surface area contributed by atoms with Crippen molar-refractivity contribution in [2.75, 3.05) is 20.6 Å². The Morgan fingerprint density at radius 1 is 1.12 bits per heavy atom. The summed E-state index contributed by atoms with van der Waals surface area (Å²) < 4.78 is 27.4. The number of non-ortho nitro benzene ring substituents is 1. The van der Waals surface area contributed by atoms with Gasteiger partial charge in [0, 0.05) is 17.7 Å². The van der Waals surface area contributed by atoms with Crippen LogP contribution in [-0.4, -0.2) is 34.0 Å². The van der Waals surface area contributed by atoms with Gasteiger partial charge in [0.25, 0.3) is 5.69 Å². The average Bonchev–Trinajstić information content (AvgIpc) is 2.55. The van der Waals surface area contributed by atoms with Gasteiger partial charge in [-0.15, -0.1) is 0 Å². The molecule has 0 saturated carbocycles. The number of benzene rings is 2. The Morgan fingerprint density at radius 3 is 2.38 bits per heavy atom. The summed E-state index contributed by atoms with van der Waals surface area (Å²) in [5.41, 5.74) is 0.759. The molecule has 128 valence electrons. The zero-order chi connectivity index (χ0) is 17.7. The number of hydrogen-bond acceptors (Lipinski definition) is 4. The number of rotatable bonds is 7. The topological polar surface area (TPSA) is 93.8 Å². The van der Waals surface area contributed by atoms with Crippen LogP contribution in [0.4, 0.5) is 5.69 Å². The zero-order valence-electron chi connectivity index (χ0n) is 13.5. The molecule has 8 heteroatoms. The molecule has 0 aliphatic carbocycles. The third kappa shape index (κ3) is 4.38. The van der Waals surface area contributed by atoms with E-state index in [0.29, 0.717) is 0 Å². The summed E-state index contributed by atoms with van der Waals surface area (Å²) in [5.74, 6) is 0. The van der Waals surface area contributed by atoms with E-state index in [2.05, 4.69) is 4.72 Å². The molecule has 0 aliphatic heterocycles. The van der Waals surface area contributed by atoms with Gasteiger partial charge >= 0.3 is 0 Å². The number of quaternary nitrogens is 1. The number of sulfonamides is 1. The van der Waals surface area contributed by atoms with E-state index >= 15 is 0 Å². The number of nitrogens with zero attached hydrogens (tertiary/aromatic N) is 1.